The van der Waals surface area contributed by atoms with Crippen molar-refractivity contribution in [1.29, 1.82) is 0 Å². The van der Waals surface area contributed by atoms with Gasteiger partial charge in [0.15, 0.2) is 10.8 Å². The fourth-order valence-electron chi connectivity index (χ4n) is 1.98. The van der Waals surface area contributed by atoms with Gasteiger partial charge in [-0.3, -0.25) is 4.98 Å². The van der Waals surface area contributed by atoms with Crippen LogP contribution in [0.25, 0.3) is 21.7 Å². The second kappa shape index (κ2) is 6.80. The summed E-state index contributed by atoms with van der Waals surface area (Å²) in [6, 6.07) is 7.82. The summed E-state index contributed by atoms with van der Waals surface area (Å²) in [7, 11) is 0. The van der Waals surface area contributed by atoms with E-state index in [0.717, 1.165) is 16.1 Å². The number of fused-ring (bicyclic) bond motifs is 1. The molecule has 0 fully saturated rings. The number of pyridine rings is 1. The topological polar surface area (TPSA) is 62.7 Å². The first kappa shape index (κ1) is 15.5. The van der Waals surface area contributed by atoms with Crippen LogP contribution in [0, 0.1) is 6.92 Å². The Labute approximate surface area is 143 Å². The van der Waals surface area contributed by atoms with Gasteiger partial charge in [-0.25, -0.2) is 9.97 Å². The van der Waals surface area contributed by atoms with Gasteiger partial charge in [-0.05, 0) is 43.4 Å². The molecule has 0 aliphatic rings. The summed E-state index contributed by atoms with van der Waals surface area (Å²) in [5.74, 6) is 0.632. The van der Waals surface area contributed by atoms with Gasteiger partial charge in [-0.2, -0.15) is 0 Å². The predicted molar refractivity (Wildman–Crippen MR) is 99.8 cm³/mol. The molecule has 5 nitrogen and oxygen atoms in total. The first-order chi connectivity index (χ1) is 11.2. The molecule has 0 aromatic carbocycles. The zero-order valence-electron chi connectivity index (χ0n) is 12.5. The summed E-state index contributed by atoms with van der Waals surface area (Å²) >= 11 is 6.87. The van der Waals surface area contributed by atoms with Crippen LogP contribution in [-0.2, 0) is 0 Å². The highest BCUT2D eigenvalue weighted by atomic mass is 32.1. The zero-order chi connectivity index (χ0) is 16.2. The number of anilines is 1. The molecule has 3 rings (SSSR count). The highest BCUT2D eigenvalue weighted by Crippen LogP contribution is 2.26. The Bertz CT molecular complexity index is 872. The Morgan fingerprint density at radius 3 is 2.91 bits per heavy atom. The summed E-state index contributed by atoms with van der Waals surface area (Å²) < 4.78 is 0. The Morgan fingerprint density at radius 2 is 2.17 bits per heavy atom. The van der Waals surface area contributed by atoms with E-state index in [-0.39, 0.29) is 0 Å². The van der Waals surface area contributed by atoms with Gasteiger partial charge >= 0.3 is 0 Å². The third-order valence-corrected chi connectivity index (χ3v) is 4.32. The van der Waals surface area contributed by atoms with Crippen molar-refractivity contribution in [2.45, 2.75) is 6.92 Å². The minimum Gasteiger partial charge on any atom is -0.359 e. The van der Waals surface area contributed by atoms with Gasteiger partial charge in [0.1, 0.15) is 17.0 Å². The predicted octanol–water partition coefficient (Wildman–Crippen LogP) is 3.53. The van der Waals surface area contributed by atoms with E-state index in [1.807, 2.05) is 18.2 Å². The SMILES string of the molecule is C=CCNC(=S)Nc1ccc2ncc(-c3ccc(C)s3)nc2n1. The second-order valence-corrected chi connectivity index (χ2v) is 6.52. The summed E-state index contributed by atoms with van der Waals surface area (Å²) in [5, 5.41) is 6.52. The van der Waals surface area contributed by atoms with Gasteiger partial charge in [0.2, 0.25) is 0 Å². The Morgan fingerprint density at radius 1 is 1.30 bits per heavy atom. The normalized spacial score (nSPS) is 10.5. The highest BCUT2D eigenvalue weighted by molar-refractivity contribution is 7.80. The Kier molecular flexibility index (Phi) is 4.59. The number of aryl methyl sites for hydroxylation is 1. The monoisotopic (exact) mass is 341 g/mol. The summed E-state index contributed by atoms with van der Waals surface area (Å²) in [4.78, 5) is 15.8. The van der Waals surface area contributed by atoms with Crippen molar-refractivity contribution in [3.63, 3.8) is 0 Å². The first-order valence-corrected chi connectivity index (χ1v) is 8.24. The zero-order valence-corrected chi connectivity index (χ0v) is 14.2. The second-order valence-electron chi connectivity index (χ2n) is 4.83. The van der Waals surface area contributed by atoms with E-state index in [4.69, 9.17) is 12.2 Å². The third kappa shape index (κ3) is 3.69. The van der Waals surface area contributed by atoms with Gasteiger partial charge in [-0.15, -0.1) is 17.9 Å². The quantitative estimate of drug-likeness (QED) is 0.559. The van der Waals surface area contributed by atoms with Crippen LogP contribution in [0.2, 0.25) is 0 Å². The molecule has 0 amide bonds. The molecule has 3 aromatic heterocycles. The molecule has 0 radical (unpaired) electrons. The van der Waals surface area contributed by atoms with Crippen LogP contribution in [0.5, 0.6) is 0 Å². The molecular formula is C16H15N5S2. The van der Waals surface area contributed by atoms with Gasteiger partial charge in [0.25, 0.3) is 0 Å². The van der Waals surface area contributed by atoms with Crippen LogP contribution in [-0.4, -0.2) is 26.6 Å². The molecule has 0 saturated carbocycles. The van der Waals surface area contributed by atoms with Crippen molar-refractivity contribution in [3.05, 3.63) is 48.0 Å². The van der Waals surface area contributed by atoms with Crippen LogP contribution in [0.1, 0.15) is 4.88 Å². The van der Waals surface area contributed by atoms with E-state index >= 15 is 0 Å². The third-order valence-electron chi connectivity index (χ3n) is 3.05. The number of rotatable bonds is 4. The number of thiophene rings is 1. The minimum atomic E-state index is 0.495. The van der Waals surface area contributed by atoms with Crippen LogP contribution in [0.4, 0.5) is 5.82 Å². The minimum absolute atomic E-state index is 0.495. The average Bonchev–Trinajstić information content (AvgIpc) is 2.99. The van der Waals surface area contributed by atoms with Gasteiger partial charge in [0, 0.05) is 11.4 Å². The van der Waals surface area contributed by atoms with E-state index < -0.39 is 0 Å². The van der Waals surface area contributed by atoms with Gasteiger partial charge < -0.3 is 10.6 Å². The van der Waals surface area contributed by atoms with Crippen LogP contribution >= 0.6 is 23.6 Å². The molecule has 0 unspecified atom stereocenters. The molecule has 116 valence electrons. The molecule has 0 bridgehead atoms. The molecule has 3 aromatic rings. The molecule has 0 saturated heterocycles. The maximum Gasteiger partial charge on any atom is 0.180 e. The lowest BCUT2D eigenvalue weighted by Gasteiger charge is -2.08. The smallest absolute Gasteiger partial charge is 0.180 e. The van der Waals surface area contributed by atoms with E-state index in [1.54, 1.807) is 23.6 Å². The molecule has 0 spiro atoms. The largest absolute Gasteiger partial charge is 0.359 e. The van der Waals surface area contributed by atoms with E-state index in [2.05, 4.69) is 45.2 Å². The lowest BCUT2D eigenvalue weighted by molar-refractivity contribution is 1.06. The fourth-order valence-corrected chi connectivity index (χ4v) is 2.99. The van der Waals surface area contributed by atoms with Crippen molar-refractivity contribution in [1.82, 2.24) is 20.3 Å². The Hall–Kier alpha value is -2.38. The fraction of sp³-hybridized carbons (Fsp3) is 0.125. The van der Waals surface area contributed by atoms with Crippen LogP contribution in [0.15, 0.2) is 43.1 Å². The van der Waals surface area contributed by atoms with E-state index in [0.29, 0.717) is 23.1 Å². The lowest BCUT2D eigenvalue weighted by atomic mass is 10.3. The number of hydrogen-bond donors (Lipinski definition) is 2. The van der Waals surface area contributed by atoms with E-state index in [1.165, 1.54) is 4.88 Å². The maximum atomic E-state index is 5.18. The van der Waals surface area contributed by atoms with Gasteiger partial charge in [0.05, 0.1) is 11.1 Å². The van der Waals surface area contributed by atoms with Crippen molar-refractivity contribution < 1.29 is 0 Å². The van der Waals surface area contributed by atoms with E-state index in [9.17, 15) is 0 Å². The molecule has 0 aliphatic carbocycles. The molecule has 7 heteroatoms. The molecular weight excluding hydrogens is 326 g/mol. The van der Waals surface area contributed by atoms with Crippen molar-refractivity contribution in [2.24, 2.45) is 0 Å². The maximum absolute atomic E-state index is 5.18. The van der Waals surface area contributed by atoms with Crippen molar-refractivity contribution in [3.8, 4) is 10.6 Å². The van der Waals surface area contributed by atoms with Crippen molar-refractivity contribution >= 4 is 45.6 Å². The number of nitrogens with one attached hydrogen (secondary N) is 2. The van der Waals surface area contributed by atoms with Gasteiger partial charge in [-0.1, -0.05) is 6.08 Å². The lowest BCUT2D eigenvalue weighted by Crippen LogP contribution is -2.28. The van der Waals surface area contributed by atoms with Crippen LogP contribution < -0.4 is 10.6 Å². The summed E-state index contributed by atoms with van der Waals surface area (Å²) in [5.41, 5.74) is 2.16. The Balaban J connectivity index is 1.88. The number of nitrogens with zero attached hydrogens (tertiary/aromatic N) is 3. The van der Waals surface area contributed by atoms with Crippen molar-refractivity contribution in [2.75, 3.05) is 11.9 Å². The van der Waals surface area contributed by atoms with Crippen LogP contribution in [0.3, 0.4) is 0 Å². The number of aromatic nitrogens is 3. The highest BCUT2D eigenvalue weighted by Gasteiger charge is 2.07. The first-order valence-electron chi connectivity index (χ1n) is 7.02. The molecule has 0 atom stereocenters. The molecule has 0 aliphatic heterocycles. The average molecular weight is 341 g/mol. The molecule has 2 N–H and O–H groups in total. The summed E-state index contributed by atoms with van der Waals surface area (Å²) in [6.07, 6.45) is 3.52. The summed E-state index contributed by atoms with van der Waals surface area (Å²) in [6.45, 7) is 6.31. The number of hydrogen-bond acceptors (Lipinski definition) is 5. The molecule has 23 heavy (non-hydrogen) atoms. The standard InChI is InChI=1S/C16H15N5S2/c1-3-8-17-16(22)21-14-7-5-11-15(20-14)19-12(9-18-11)13-6-4-10(2)23-13/h3-7,9H,1,8H2,2H3,(H2,17,19,20,21,22). The molecule has 3 heterocycles. The number of thiocarbonyl (C=S) groups is 1.